The van der Waals surface area contributed by atoms with Crippen LogP contribution in [-0.4, -0.2) is 54.6 Å². The smallest absolute Gasteiger partial charge is 0.277 e. The predicted octanol–water partition coefficient (Wildman–Crippen LogP) is 2.22. The number of methoxy groups -OCH3 is 2. The molecule has 0 bridgehead atoms. The number of carbonyl (C=O) groups is 1. The zero-order valence-corrected chi connectivity index (χ0v) is 15.0. The van der Waals surface area contributed by atoms with Crippen molar-refractivity contribution in [3.8, 4) is 29.0 Å². The lowest BCUT2D eigenvalue weighted by Gasteiger charge is -2.13. The second-order valence-corrected chi connectivity index (χ2v) is 5.91. The fourth-order valence-electron chi connectivity index (χ4n) is 1.89. The number of hydrogen-bond acceptors (Lipinski definition) is 8. The fourth-order valence-corrected chi connectivity index (χ4v) is 2.60. The van der Waals surface area contributed by atoms with Crippen LogP contribution in [0.2, 0.25) is 0 Å². The summed E-state index contributed by atoms with van der Waals surface area (Å²) in [4.78, 5) is 13.4. The van der Waals surface area contributed by atoms with Gasteiger partial charge in [0.2, 0.25) is 11.8 Å². The number of nitriles is 1. The van der Waals surface area contributed by atoms with E-state index in [1.54, 1.807) is 39.5 Å². The zero-order valence-electron chi connectivity index (χ0n) is 14.2. The molecule has 0 aliphatic rings. The number of hydrogen-bond donors (Lipinski definition) is 0. The Morgan fingerprint density at radius 3 is 2.56 bits per heavy atom. The van der Waals surface area contributed by atoms with E-state index in [2.05, 4.69) is 10.2 Å². The van der Waals surface area contributed by atoms with E-state index in [4.69, 9.17) is 19.2 Å². The van der Waals surface area contributed by atoms with Gasteiger partial charge in [0.25, 0.3) is 5.22 Å². The van der Waals surface area contributed by atoms with Gasteiger partial charge >= 0.3 is 0 Å². The zero-order chi connectivity index (χ0) is 18.2. The van der Waals surface area contributed by atoms with Crippen molar-refractivity contribution in [3.63, 3.8) is 0 Å². The Balaban J connectivity index is 2.03. The summed E-state index contributed by atoms with van der Waals surface area (Å²) in [5.74, 6) is 1.57. The van der Waals surface area contributed by atoms with Gasteiger partial charge in [-0.1, -0.05) is 11.8 Å². The quantitative estimate of drug-likeness (QED) is 0.659. The minimum absolute atomic E-state index is 0.108. The van der Waals surface area contributed by atoms with Gasteiger partial charge in [0, 0.05) is 25.2 Å². The molecule has 0 N–H and O–H groups in total. The van der Waals surface area contributed by atoms with Gasteiger partial charge in [-0.3, -0.25) is 4.79 Å². The summed E-state index contributed by atoms with van der Waals surface area (Å²) in [5, 5.41) is 16.8. The molecule has 8 nitrogen and oxygen atoms in total. The summed E-state index contributed by atoms with van der Waals surface area (Å²) < 4.78 is 16.0. The highest BCUT2D eigenvalue weighted by Gasteiger charge is 2.15. The van der Waals surface area contributed by atoms with Crippen molar-refractivity contribution in [2.75, 3.05) is 33.6 Å². The number of thioether (sulfide) groups is 1. The van der Waals surface area contributed by atoms with E-state index in [9.17, 15) is 4.79 Å². The van der Waals surface area contributed by atoms with Crippen LogP contribution < -0.4 is 9.47 Å². The highest BCUT2D eigenvalue weighted by molar-refractivity contribution is 7.99. The lowest BCUT2D eigenvalue weighted by molar-refractivity contribution is -0.127. The van der Waals surface area contributed by atoms with E-state index in [0.717, 1.165) is 11.8 Å². The Bertz CT molecular complexity index is 749. The average molecular weight is 362 g/mol. The summed E-state index contributed by atoms with van der Waals surface area (Å²) in [5.41, 5.74) is 0.660. The van der Waals surface area contributed by atoms with Gasteiger partial charge in [-0.15, -0.1) is 10.2 Å². The molecule has 1 aromatic heterocycles. The summed E-state index contributed by atoms with van der Waals surface area (Å²) >= 11 is 1.15. The van der Waals surface area contributed by atoms with E-state index in [1.165, 1.54) is 4.90 Å². The molecule has 2 rings (SSSR count). The van der Waals surface area contributed by atoms with Crippen LogP contribution in [0.4, 0.5) is 0 Å². The molecule has 9 heteroatoms. The fraction of sp³-hybridized carbons (Fsp3) is 0.375. The monoisotopic (exact) mass is 362 g/mol. The van der Waals surface area contributed by atoms with Gasteiger partial charge in [0.05, 0.1) is 32.5 Å². The highest BCUT2D eigenvalue weighted by atomic mass is 32.2. The Morgan fingerprint density at radius 1 is 1.28 bits per heavy atom. The number of carbonyl (C=O) groups excluding carboxylic acids is 1. The van der Waals surface area contributed by atoms with Crippen LogP contribution in [0.15, 0.2) is 27.8 Å². The standard InChI is InChI=1S/C16H18N4O4S/c1-20(6-4-5-17)14(21)10-25-16-19-18-15(24-16)11-7-12(22-2)9-13(8-11)23-3/h7-9H,4,6,10H2,1-3H3. The van der Waals surface area contributed by atoms with Crippen molar-refractivity contribution in [1.29, 1.82) is 5.26 Å². The van der Waals surface area contributed by atoms with Crippen LogP contribution in [-0.2, 0) is 4.79 Å². The van der Waals surface area contributed by atoms with Crippen molar-refractivity contribution in [1.82, 2.24) is 15.1 Å². The molecule has 0 saturated heterocycles. The van der Waals surface area contributed by atoms with E-state index in [-0.39, 0.29) is 11.7 Å². The van der Waals surface area contributed by atoms with Crippen LogP contribution in [0.25, 0.3) is 11.5 Å². The van der Waals surface area contributed by atoms with Crippen LogP contribution in [0.3, 0.4) is 0 Å². The molecule has 0 unspecified atom stereocenters. The summed E-state index contributed by atoms with van der Waals surface area (Å²) in [6.45, 7) is 0.397. The number of aromatic nitrogens is 2. The third-order valence-corrected chi connectivity index (χ3v) is 4.11. The summed E-state index contributed by atoms with van der Waals surface area (Å²) in [6, 6.07) is 7.26. The van der Waals surface area contributed by atoms with Crippen LogP contribution >= 0.6 is 11.8 Å². The molecule has 1 aromatic carbocycles. The minimum Gasteiger partial charge on any atom is -0.497 e. The predicted molar refractivity (Wildman–Crippen MR) is 91.4 cm³/mol. The summed E-state index contributed by atoms with van der Waals surface area (Å²) in [6.07, 6.45) is 0.301. The first-order chi connectivity index (χ1) is 12.1. The molecule has 0 spiro atoms. The topological polar surface area (TPSA) is 101 Å². The Kier molecular flexibility index (Phi) is 6.65. The van der Waals surface area contributed by atoms with Crippen LogP contribution in [0.1, 0.15) is 6.42 Å². The van der Waals surface area contributed by atoms with Crippen molar-refractivity contribution in [3.05, 3.63) is 18.2 Å². The number of benzene rings is 1. The number of amides is 1. The van der Waals surface area contributed by atoms with Gasteiger partial charge in [0.15, 0.2) is 0 Å². The van der Waals surface area contributed by atoms with E-state index >= 15 is 0 Å². The highest BCUT2D eigenvalue weighted by Crippen LogP contribution is 2.30. The number of nitrogens with zero attached hydrogens (tertiary/aromatic N) is 4. The maximum Gasteiger partial charge on any atom is 0.277 e. The second-order valence-electron chi connectivity index (χ2n) is 4.99. The largest absolute Gasteiger partial charge is 0.497 e. The maximum atomic E-state index is 11.9. The first kappa shape index (κ1) is 18.6. The first-order valence-electron chi connectivity index (χ1n) is 7.38. The van der Waals surface area contributed by atoms with Crippen LogP contribution in [0.5, 0.6) is 11.5 Å². The van der Waals surface area contributed by atoms with Gasteiger partial charge < -0.3 is 18.8 Å². The molecule has 2 aromatic rings. The van der Waals surface area contributed by atoms with Crippen molar-refractivity contribution in [2.45, 2.75) is 11.6 Å². The van der Waals surface area contributed by atoms with Gasteiger partial charge in [-0.2, -0.15) is 5.26 Å². The number of rotatable bonds is 8. The van der Waals surface area contributed by atoms with Crippen molar-refractivity contribution >= 4 is 17.7 Å². The van der Waals surface area contributed by atoms with Crippen molar-refractivity contribution < 1.29 is 18.7 Å². The third-order valence-electron chi connectivity index (χ3n) is 3.31. The van der Waals surface area contributed by atoms with Crippen LogP contribution in [0, 0.1) is 11.3 Å². The first-order valence-corrected chi connectivity index (χ1v) is 8.36. The molecular weight excluding hydrogens is 344 g/mol. The summed E-state index contributed by atoms with van der Waals surface area (Å²) in [7, 11) is 4.77. The Morgan fingerprint density at radius 2 is 1.96 bits per heavy atom. The molecule has 0 aliphatic carbocycles. The van der Waals surface area contributed by atoms with Gasteiger partial charge in [-0.25, -0.2) is 0 Å². The molecule has 1 heterocycles. The van der Waals surface area contributed by atoms with E-state index < -0.39 is 0 Å². The molecular formula is C16H18N4O4S. The molecule has 0 radical (unpaired) electrons. The van der Waals surface area contributed by atoms with Gasteiger partial charge in [0.1, 0.15) is 11.5 Å². The molecule has 1 amide bonds. The molecule has 132 valence electrons. The normalized spacial score (nSPS) is 10.2. The molecule has 0 fully saturated rings. The van der Waals surface area contributed by atoms with Gasteiger partial charge in [-0.05, 0) is 12.1 Å². The Labute approximate surface area is 149 Å². The molecule has 0 saturated carbocycles. The average Bonchev–Trinajstić information content (AvgIpc) is 3.12. The Hall–Kier alpha value is -2.73. The number of ether oxygens (including phenoxy) is 2. The molecule has 0 atom stereocenters. The maximum absolute atomic E-state index is 11.9. The lowest BCUT2D eigenvalue weighted by atomic mass is 10.2. The van der Waals surface area contributed by atoms with E-state index in [0.29, 0.717) is 41.1 Å². The minimum atomic E-state index is -0.108. The van der Waals surface area contributed by atoms with Crippen molar-refractivity contribution in [2.24, 2.45) is 0 Å². The molecule has 0 aliphatic heterocycles. The third kappa shape index (κ3) is 5.12. The lowest BCUT2D eigenvalue weighted by Crippen LogP contribution is -2.29. The SMILES string of the molecule is COc1cc(OC)cc(-c2nnc(SCC(=O)N(C)CCC#N)o2)c1. The van der Waals surface area contributed by atoms with E-state index in [1.807, 2.05) is 6.07 Å². The molecule has 25 heavy (non-hydrogen) atoms. The second kappa shape index (κ2) is 8.94.